The van der Waals surface area contributed by atoms with Crippen molar-refractivity contribution < 1.29 is 19.7 Å². The van der Waals surface area contributed by atoms with Crippen LogP contribution in [-0.2, 0) is 9.47 Å². The van der Waals surface area contributed by atoms with Crippen LogP contribution in [0.25, 0.3) is 0 Å². The monoisotopic (exact) mass is 304 g/mol. The highest BCUT2D eigenvalue weighted by Crippen LogP contribution is 2.13. The second-order valence-corrected chi connectivity index (χ2v) is 5.96. The summed E-state index contributed by atoms with van der Waals surface area (Å²) in [5.41, 5.74) is 0. The Morgan fingerprint density at radius 2 is 1.38 bits per heavy atom. The van der Waals surface area contributed by atoms with E-state index in [4.69, 9.17) is 14.6 Å². The number of unbranched alkanes of at least 4 members (excludes halogenated alkanes) is 6. The summed E-state index contributed by atoms with van der Waals surface area (Å²) >= 11 is 0. The Balaban J connectivity index is 3.35. The molecule has 2 N–H and O–H groups in total. The van der Waals surface area contributed by atoms with Gasteiger partial charge in [-0.05, 0) is 26.2 Å². The van der Waals surface area contributed by atoms with E-state index in [2.05, 4.69) is 0 Å². The van der Waals surface area contributed by atoms with Crippen molar-refractivity contribution in [1.82, 2.24) is 0 Å². The molecule has 0 aromatic carbocycles. The molecule has 4 nitrogen and oxygen atoms in total. The summed E-state index contributed by atoms with van der Waals surface area (Å²) in [7, 11) is 1.70. The van der Waals surface area contributed by atoms with Gasteiger partial charge in [0.05, 0.1) is 18.8 Å². The second kappa shape index (κ2) is 14.8. The molecule has 0 bridgehead atoms. The van der Waals surface area contributed by atoms with Gasteiger partial charge in [-0.1, -0.05) is 51.9 Å². The van der Waals surface area contributed by atoms with Gasteiger partial charge in [-0.3, -0.25) is 0 Å². The molecule has 0 aromatic rings. The third-order valence-electron chi connectivity index (χ3n) is 3.81. The molecule has 0 saturated carbocycles. The van der Waals surface area contributed by atoms with Gasteiger partial charge in [-0.25, -0.2) is 0 Å². The van der Waals surface area contributed by atoms with Crippen molar-refractivity contribution in [1.29, 1.82) is 0 Å². The molecule has 128 valence electrons. The summed E-state index contributed by atoms with van der Waals surface area (Å²) in [5, 5.41) is 18.5. The van der Waals surface area contributed by atoms with Crippen molar-refractivity contribution >= 4 is 0 Å². The Kier molecular flexibility index (Phi) is 14.7. The normalized spacial score (nSPS) is 15.9. The van der Waals surface area contributed by atoms with Gasteiger partial charge in [0.2, 0.25) is 0 Å². The molecule has 0 fully saturated rings. The van der Waals surface area contributed by atoms with Crippen molar-refractivity contribution in [2.24, 2.45) is 0 Å². The zero-order valence-electron chi connectivity index (χ0n) is 14.2. The Hall–Kier alpha value is -0.160. The molecule has 0 saturated heterocycles. The lowest BCUT2D eigenvalue weighted by Gasteiger charge is -2.17. The first-order chi connectivity index (χ1) is 10.1. The summed E-state index contributed by atoms with van der Waals surface area (Å²) in [6.45, 7) is 4.23. The molecule has 0 amide bonds. The zero-order valence-corrected chi connectivity index (χ0v) is 14.2. The van der Waals surface area contributed by atoms with Crippen LogP contribution in [0.15, 0.2) is 0 Å². The van der Waals surface area contributed by atoms with Gasteiger partial charge in [-0.15, -0.1) is 0 Å². The van der Waals surface area contributed by atoms with Crippen LogP contribution < -0.4 is 0 Å². The highest BCUT2D eigenvalue weighted by Gasteiger charge is 2.10. The molecule has 0 radical (unpaired) electrons. The molecule has 0 spiro atoms. The van der Waals surface area contributed by atoms with E-state index < -0.39 is 6.29 Å². The number of ether oxygens (including phenoxy) is 2. The summed E-state index contributed by atoms with van der Waals surface area (Å²) in [4.78, 5) is 0. The van der Waals surface area contributed by atoms with E-state index in [-0.39, 0.29) is 12.2 Å². The molecule has 0 aliphatic carbocycles. The fraction of sp³-hybridized carbons (Fsp3) is 1.00. The molecule has 0 aliphatic heterocycles. The number of aliphatic hydroxyl groups is 2. The van der Waals surface area contributed by atoms with E-state index in [0.717, 1.165) is 25.7 Å². The molecule has 21 heavy (non-hydrogen) atoms. The van der Waals surface area contributed by atoms with E-state index in [0.29, 0.717) is 13.0 Å². The molecule has 3 unspecified atom stereocenters. The summed E-state index contributed by atoms with van der Waals surface area (Å²) < 4.78 is 10.7. The van der Waals surface area contributed by atoms with Crippen LogP contribution in [0.3, 0.4) is 0 Å². The third kappa shape index (κ3) is 14.5. The minimum Gasteiger partial charge on any atom is -0.393 e. The van der Waals surface area contributed by atoms with Gasteiger partial charge < -0.3 is 19.7 Å². The van der Waals surface area contributed by atoms with E-state index in [1.54, 1.807) is 7.11 Å². The van der Waals surface area contributed by atoms with E-state index in [9.17, 15) is 5.11 Å². The zero-order chi connectivity index (χ0) is 15.9. The highest BCUT2D eigenvalue weighted by molar-refractivity contribution is 4.58. The average molecular weight is 304 g/mol. The molecule has 0 aromatic heterocycles. The molecular formula is C17H36O4. The lowest BCUT2D eigenvalue weighted by Crippen LogP contribution is -2.22. The number of aliphatic hydroxyl groups excluding tert-OH is 2. The topological polar surface area (TPSA) is 58.9 Å². The first-order valence-corrected chi connectivity index (χ1v) is 8.60. The van der Waals surface area contributed by atoms with Crippen molar-refractivity contribution in [3.05, 3.63) is 0 Å². The fourth-order valence-corrected chi connectivity index (χ4v) is 2.30. The SMILES string of the molecule is CCC(O)OCC(CCCCCCCCCC(C)O)OC. The first kappa shape index (κ1) is 20.8. The summed E-state index contributed by atoms with van der Waals surface area (Å²) in [6.07, 6.45) is 10.4. The molecule has 3 atom stereocenters. The highest BCUT2D eigenvalue weighted by atomic mass is 16.6. The van der Waals surface area contributed by atoms with Crippen molar-refractivity contribution in [2.75, 3.05) is 13.7 Å². The Morgan fingerprint density at radius 1 is 0.857 bits per heavy atom. The predicted molar refractivity (Wildman–Crippen MR) is 86.3 cm³/mol. The standard InChI is InChI=1S/C17H36O4/c1-4-17(19)21-14-16(20-3)13-11-9-7-5-6-8-10-12-15(2)18/h15-19H,4-14H2,1-3H3. The predicted octanol–water partition coefficient (Wildman–Crippen LogP) is 3.64. The lowest BCUT2D eigenvalue weighted by molar-refractivity contribution is -0.128. The fourth-order valence-electron chi connectivity index (χ4n) is 2.30. The number of hydrogen-bond acceptors (Lipinski definition) is 4. The maximum absolute atomic E-state index is 9.36. The van der Waals surface area contributed by atoms with Gasteiger partial charge in [-0.2, -0.15) is 0 Å². The molecular weight excluding hydrogens is 268 g/mol. The number of rotatable bonds is 15. The largest absolute Gasteiger partial charge is 0.393 e. The number of methoxy groups -OCH3 is 1. The summed E-state index contributed by atoms with van der Waals surface area (Å²) in [5.74, 6) is 0. The quantitative estimate of drug-likeness (QED) is 0.358. The van der Waals surface area contributed by atoms with Crippen molar-refractivity contribution in [3.63, 3.8) is 0 Å². The van der Waals surface area contributed by atoms with E-state index >= 15 is 0 Å². The van der Waals surface area contributed by atoms with Crippen LogP contribution in [0.5, 0.6) is 0 Å². The lowest BCUT2D eigenvalue weighted by atomic mass is 10.0. The van der Waals surface area contributed by atoms with Crippen molar-refractivity contribution in [2.45, 2.75) is 96.6 Å². The smallest absolute Gasteiger partial charge is 0.154 e. The van der Waals surface area contributed by atoms with Crippen LogP contribution in [-0.4, -0.2) is 42.4 Å². The van der Waals surface area contributed by atoms with E-state index in [1.165, 1.54) is 32.1 Å². The average Bonchev–Trinajstić information content (AvgIpc) is 2.47. The maximum Gasteiger partial charge on any atom is 0.154 e. The first-order valence-electron chi connectivity index (χ1n) is 8.60. The molecule has 4 heteroatoms. The third-order valence-corrected chi connectivity index (χ3v) is 3.81. The second-order valence-electron chi connectivity index (χ2n) is 5.96. The van der Waals surface area contributed by atoms with Gasteiger partial charge in [0.1, 0.15) is 0 Å². The van der Waals surface area contributed by atoms with E-state index in [1.807, 2.05) is 13.8 Å². The Bertz CT molecular complexity index is 209. The van der Waals surface area contributed by atoms with Gasteiger partial charge >= 0.3 is 0 Å². The summed E-state index contributed by atoms with van der Waals surface area (Å²) in [6, 6.07) is 0. The molecule has 0 rings (SSSR count). The van der Waals surface area contributed by atoms with Crippen molar-refractivity contribution in [3.8, 4) is 0 Å². The van der Waals surface area contributed by atoms with Gasteiger partial charge in [0.15, 0.2) is 6.29 Å². The van der Waals surface area contributed by atoms with Gasteiger partial charge in [0.25, 0.3) is 0 Å². The maximum atomic E-state index is 9.36. The Morgan fingerprint density at radius 3 is 1.86 bits per heavy atom. The minimum atomic E-state index is -0.663. The molecule has 0 aliphatic rings. The van der Waals surface area contributed by atoms with Gasteiger partial charge in [0, 0.05) is 7.11 Å². The van der Waals surface area contributed by atoms with Crippen LogP contribution in [0, 0.1) is 0 Å². The van der Waals surface area contributed by atoms with Crippen LogP contribution in [0.4, 0.5) is 0 Å². The molecule has 0 heterocycles. The van der Waals surface area contributed by atoms with Crippen LogP contribution in [0.2, 0.25) is 0 Å². The van der Waals surface area contributed by atoms with Crippen LogP contribution in [0.1, 0.15) is 78.1 Å². The van der Waals surface area contributed by atoms with Crippen LogP contribution >= 0.6 is 0 Å². The number of hydrogen-bond donors (Lipinski definition) is 2. The Labute approximate surface area is 130 Å². The minimum absolute atomic E-state index is 0.0947.